The predicted molar refractivity (Wildman–Crippen MR) is 36.0 cm³/mol. The first-order chi connectivity index (χ1) is 1.41. The fourth-order valence-corrected chi connectivity index (χ4v) is 0. The smallest absolute Gasteiger partial charge is 0 e. The first kappa shape index (κ1) is 45.5. The maximum Gasteiger partial charge on any atom is 0 e. The Morgan fingerprint density at radius 3 is 1.00 bits per heavy atom. The Morgan fingerprint density at radius 1 is 1.00 bits per heavy atom. The first-order valence-corrected chi connectivity index (χ1v) is 1.25. The minimum absolute atomic E-state index is 0. The molecule has 0 N–H and O–H groups in total. The van der Waals surface area contributed by atoms with E-state index in [1.54, 1.807) is 27.9 Å². The van der Waals surface area contributed by atoms with E-state index in [2.05, 4.69) is 3.32 Å². The van der Waals surface area contributed by atoms with Crippen molar-refractivity contribution in [3.8, 4) is 0 Å². The molecule has 0 radical (unpaired) electrons. The fraction of sp³-hybridized carbons (Fsp3) is 1.00. The van der Waals surface area contributed by atoms with Gasteiger partial charge in [-0.2, -0.15) is 0 Å². The van der Waals surface area contributed by atoms with Crippen LogP contribution in [0.15, 0.2) is 0 Å². The van der Waals surface area contributed by atoms with Crippen LogP contribution in [0.4, 0.5) is 0 Å². The van der Waals surface area contributed by atoms with E-state index in [0.717, 1.165) is 0 Å². The molecular weight excluding hydrogens is 309 g/mol. The molecule has 0 aromatic heterocycles. The third-order valence-electron chi connectivity index (χ3n) is 0. The molecule has 0 aromatic rings. The predicted octanol–water partition coefficient (Wildman–Crippen LogP) is 1.78. The van der Waals surface area contributed by atoms with E-state index < -0.39 is 0 Å². The Kier molecular flexibility index (Phi) is 304. The average Bonchev–Trinajstić information content (AvgIpc) is 0.918. The van der Waals surface area contributed by atoms with Gasteiger partial charge in [-0.15, -0.1) is 49.6 Å². The second kappa shape index (κ2) is 53.4. The van der Waals surface area contributed by atoms with Crippen molar-refractivity contribution in [1.82, 2.24) is 0 Å². The van der Waals surface area contributed by atoms with Gasteiger partial charge in [0, 0.05) is 26.2 Å². The fourth-order valence-electron chi connectivity index (χ4n) is 0. The van der Waals surface area contributed by atoms with Crippen LogP contribution >= 0.6 is 49.6 Å². The van der Waals surface area contributed by atoms with Crippen LogP contribution in [-0.2, 0) is 50.3 Å². The second-order valence-corrected chi connectivity index (χ2v) is 0.842. The Balaban J connectivity index is -0.00000000200. The van der Waals surface area contributed by atoms with Crippen molar-refractivity contribution in [3.63, 3.8) is 0 Å². The molecule has 0 bridgehead atoms. The van der Waals surface area contributed by atoms with E-state index in [4.69, 9.17) is 0 Å². The molecule has 0 saturated carbocycles. The molecule has 0 aliphatic rings. The maximum atomic E-state index is 4.25. The van der Waals surface area contributed by atoms with Crippen LogP contribution in [0.3, 0.4) is 0 Å². The topological polar surface area (TPSA) is 9.23 Å². The molecule has 0 fully saturated rings. The van der Waals surface area contributed by atoms with Gasteiger partial charge in [0.25, 0.3) is 0 Å². The number of hydrogen-bond acceptors (Lipinski definition) is 1. The van der Waals surface area contributed by atoms with Gasteiger partial charge in [0.1, 0.15) is 0 Å². The quantitative estimate of drug-likeness (QED) is 0.619. The summed E-state index contributed by atoms with van der Waals surface area (Å²) in [7, 11) is 1.62. The third kappa shape index (κ3) is 70.3. The van der Waals surface area contributed by atoms with Gasteiger partial charge in [0.15, 0.2) is 0 Å². The van der Waals surface area contributed by atoms with Gasteiger partial charge >= 0.3 is 31.3 Å². The summed E-state index contributed by atoms with van der Waals surface area (Å²) < 4.78 is 4.25. The van der Waals surface area contributed by atoms with E-state index >= 15 is 0 Å². The number of hydrogen-bond donors (Lipinski definition) is 0. The van der Waals surface area contributed by atoms with Crippen LogP contribution in [0.25, 0.3) is 0 Å². The third-order valence-corrected chi connectivity index (χ3v) is 0. The van der Waals surface area contributed by atoms with Crippen molar-refractivity contribution >= 4 is 49.6 Å². The standard InChI is InChI=1S/CH3O.4ClH.Ti.Zr/c1-2;;;;;;/h1H3;4*1H;;/q-1;;;;;+1;. The minimum atomic E-state index is 0. The van der Waals surface area contributed by atoms with Gasteiger partial charge in [-0.25, -0.2) is 0 Å². The first-order valence-electron chi connectivity index (χ1n) is 0.612. The van der Waals surface area contributed by atoms with Crippen LogP contribution in [-0.4, -0.2) is 7.11 Å². The molecule has 0 saturated heterocycles. The molecule has 0 atom stereocenters. The van der Waals surface area contributed by atoms with E-state index in [9.17, 15) is 0 Å². The molecule has 0 heterocycles. The molecule has 0 amide bonds. The largest absolute Gasteiger partial charge is 0.147 e. The number of halogens is 4. The summed E-state index contributed by atoms with van der Waals surface area (Å²) >= 11 is 1.62. The molecule has 0 aliphatic carbocycles. The van der Waals surface area contributed by atoms with Gasteiger partial charge in [-0.05, 0) is 0 Å². The van der Waals surface area contributed by atoms with Gasteiger partial charge in [-0.1, -0.05) is 0 Å². The zero-order valence-electron chi connectivity index (χ0n) is 4.04. The van der Waals surface area contributed by atoms with Gasteiger partial charge in [-0.3, -0.25) is 0 Å². The second-order valence-electron chi connectivity index (χ2n) is 0.204. The Hall–Kier alpha value is 2.72. The SMILES string of the molecule is C[O][Ti].Cl.Cl.Cl.Cl.[Zr]. The minimum Gasteiger partial charge on any atom is -0.147 e. The summed E-state index contributed by atoms with van der Waals surface area (Å²) in [4.78, 5) is 0. The molecule has 0 rings (SSSR count). The Labute approximate surface area is 106 Å². The summed E-state index contributed by atoms with van der Waals surface area (Å²) in [6.45, 7) is 0. The normalized spacial score (nSPS) is 2.00. The molecule has 0 aromatic carbocycles. The van der Waals surface area contributed by atoms with Gasteiger partial charge in [0.05, 0.1) is 0 Å². The summed E-state index contributed by atoms with van der Waals surface area (Å²) in [5.74, 6) is 0. The van der Waals surface area contributed by atoms with Crippen molar-refractivity contribution in [3.05, 3.63) is 0 Å². The van der Waals surface area contributed by atoms with Gasteiger partial charge in [0.2, 0.25) is 0 Å². The van der Waals surface area contributed by atoms with E-state index in [-0.39, 0.29) is 75.8 Å². The van der Waals surface area contributed by atoms with Crippen molar-refractivity contribution in [2.24, 2.45) is 0 Å². The summed E-state index contributed by atoms with van der Waals surface area (Å²) in [5, 5.41) is 0. The molecular formula is CH7Cl4OTiZr. The summed E-state index contributed by atoms with van der Waals surface area (Å²) in [6, 6.07) is 0. The Bertz CT molecular complexity index is 16.0. The van der Waals surface area contributed by atoms with E-state index in [0.29, 0.717) is 0 Å². The molecule has 1 nitrogen and oxygen atoms in total. The van der Waals surface area contributed by atoms with Crippen LogP contribution in [0, 0.1) is 0 Å². The van der Waals surface area contributed by atoms with Crippen molar-refractivity contribution in [2.45, 2.75) is 0 Å². The van der Waals surface area contributed by atoms with Crippen molar-refractivity contribution in [2.75, 3.05) is 7.11 Å². The maximum absolute atomic E-state index is 4.25. The summed E-state index contributed by atoms with van der Waals surface area (Å²) in [6.07, 6.45) is 0. The molecule has 0 unspecified atom stereocenters. The van der Waals surface area contributed by atoms with Gasteiger partial charge < -0.3 is 0 Å². The zero-order chi connectivity index (χ0) is 2.71. The van der Waals surface area contributed by atoms with Crippen LogP contribution in [0.5, 0.6) is 0 Å². The molecule has 7 heteroatoms. The molecule has 0 spiro atoms. The van der Waals surface area contributed by atoms with Crippen molar-refractivity contribution in [1.29, 1.82) is 0 Å². The number of rotatable bonds is 0. The van der Waals surface area contributed by atoms with E-state index in [1.165, 1.54) is 0 Å². The van der Waals surface area contributed by atoms with Crippen molar-refractivity contribution < 1.29 is 50.3 Å². The Morgan fingerprint density at radius 2 is 1.00 bits per heavy atom. The van der Waals surface area contributed by atoms with Crippen LogP contribution < -0.4 is 0 Å². The van der Waals surface area contributed by atoms with Crippen LogP contribution in [0.2, 0.25) is 0 Å². The monoisotopic (exact) mass is 313 g/mol. The van der Waals surface area contributed by atoms with E-state index in [1.807, 2.05) is 0 Å². The average molecular weight is 316 g/mol. The van der Waals surface area contributed by atoms with Crippen LogP contribution in [0.1, 0.15) is 0 Å². The molecule has 53 valence electrons. The molecule has 8 heavy (non-hydrogen) atoms. The molecule has 0 aliphatic heterocycles. The zero-order valence-corrected chi connectivity index (χ0v) is 11.3. The summed E-state index contributed by atoms with van der Waals surface area (Å²) in [5.41, 5.74) is 0.